The molecule has 1 heterocycles. The second-order valence-electron chi connectivity index (χ2n) is 5.74. The molecule has 2 aliphatic rings. The molecule has 2 unspecified atom stereocenters. The topological polar surface area (TPSA) is 35.6 Å². The molecule has 1 amide bonds. The Morgan fingerprint density at radius 2 is 2.12 bits per heavy atom. The molecular weight excluding hydrogens is 214 g/mol. The minimum Gasteiger partial charge on any atom is -0.347 e. The summed E-state index contributed by atoms with van der Waals surface area (Å²) in [5, 5.41) is 3.37. The van der Waals surface area contributed by atoms with Gasteiger partial charge in [0.15, 0.2) is 0 Å². The number of hydrogen-bond acceptors (Lipinski definition) is 3. The molecular formula is C13H25N3O. The Hall–Kier alpha value is -0.610. The van der Waals surface area contributed by atoms with Crippen LogP contribution in [0.3, 0.4) is 0 Å². The summed E-state index contributed by atoms with van der Waals surface area (Å²) in [6.45, 7) is 5.41. The maximum absolute atomic E-state index is 11.7. The summed E-state index contributed by atoms with van der Waals surface area (Å²) in [4.78, 5) is 16.0. The van der Waals surface area contributed by atoms with Crippen molar-refractivity contribution in [3.05, 3.63) is 0 Å². The number of carbonyl (C=O) groups is 1. The van der Waals surface area contributed by atoms with E-state index < -0.39 is 0 Å². The monoisotopic (exact) mass is 239 g/mol. The fourth-order valence-corrected chi connectivity index (χ4v) is 2.62. The van der Waals surface area contributed by atoms with Gasteiger partial charge in [-0.1, -0.05) is 0 Å². The molecule has 98 valence electrons. The zero-order valence-electron chi connectivity index (χ0n) is 11.3. The van der Waals surface area contributed by atoms with E-state index in [0.717, 1.165) is 18.5 Å². The van der Waals surface area contributed by atoms with Gasteiger partial charge in [0.2, 0.25) is 5.91 Å². The number of nitrogens with one attached hydrogen (secondary N) is 1. The number of nitrogens with zero attached hydrogens (tertiary/aromatic N) is 2. The zero-order valence-corrected chi connectivity index (χ0v) is 11.3. The van der Waals surface area contributed by atoms with Crippen molar-refractivity contribution in [1.82, 2.24) is 15.1 Å². The van der Waals surface area contributed by atoms with Gasteiger partial charge in [-0.05, 0) is 45.2 Å². The largest absolute Gasteiger partial charge is 0.347 e. The van der Waals surface area contributed by atoms with Gasteiger partial charge in [0.25, 0.3) is 0 Å². The highest BCUT2D eigenvalue weighted by atomic mass is 16.2. The van der Waals surface area contributed by atoms with Crippen LogP contribution >= 0.6 is 0 Å². The van der Waals surface area contributed by atoms with Crippen molar-refractivity contribution in [3.63, 3.8) is 0 Å². The first-order valence-electron chi connectivity index (χ1n) is 6.76. The third kappa shape index (κ3) is 3.42. The highest BCUT2D eigenvalue weighted by Crippen LogP contribution is 2.31. The summed E-state index contributed by atoms with van der Waals surface area (Å²) in [5.74, 6) is 0.898. The minimum atomic E-state index is -0.0556. The normalized spacial score (nSPS) is 27.1. The number of carbonyl (C=O) groups excluding carboxylic acids is 1. The maximum atomic E-state index is 11.7. The van der Waals surface area contributed by atoms with Gasteiger partial charge in [-0.2, -0.15) is 0 Å². The number of likely N-dealkylation sites (N-methyl/N-ethyl adjacent to an activating group) is 1. The summed E-state index contributed by atoms with van der Waals surface area (Å²) >= 11 is 0. The molecule has 0 aromatic rings. The van der Waals surface area contributed by atoms with Crippen molar-refractivity contribution in [2.75, 3.05) is 33.7 Å². The lowest BCUT2D eigenvalue weighted by Gasteiger charge is -2.20. The molecule has 0 aromatic heterocycles. The molecule has 0 spiro atoms. The lowest BCUT2D eigenvalue weighted by Crippen LogP contribution is -2.43. The minimum absolute atomic E-state index is 0.0556. The second kappa shape index (κ2) is 5.36. The van der Waals surface area contributed by atoms with E-state index >= 15 is 0 Å². The summed E-state index contributed by atoms with van der Waals surface area (Å²) in [6.07, 6.45) is 4.08. The van der Waals surface area contributed by atoms with Crippen LogP contribution < -0.4 is 5.32 Å². The van der Waals surface area contributed by atoms with Gasteiger partial charge in [0, 0.05) is 26.7 Å². The lowest BCUT2D eigenvalue weighted by atomic mass is 10.1. The maximum Gasteiger partial charge on any atom is 0.238 e. The van der Waals surface area contributed by atoms with Gasteiger partial charge in [-0.25, -0.2) is 0 Å². The summed E-state index contributed by atoms with van der Waals surface area (Å²) in [6, 6.07) is 0.834. The summed E-state index contributed by atoms with van der Waals surface area (Å²) in [5.41, 5.74) is 0. The van der Waals surface area contributed by atoms with Crippen LogP contribution in [0.5, 0.6) is 0 Å². The first-order valence-corrected chi connectivity index (χ1v) is 6.76. The second-order valence-corrected chi connectivity index (χ2v) is 5.74. The van der Waals surface area contributed by atoms with Crippen LogP contribution in [0.15, 0.2) is 0 Å². The SMILES string of the molecule is CC(NCC1CCN(C2CC2)C1)C(=O)N(C)C. The Bertz CT molecular complexity index is 276. The number of likely N-dealkylation sites (tertiary alicyclic amines) is 1. The first kappa shape index (κ1) is 12.8. The average molecular weight is 239 g/mol. The lowest BCUT2D eigenvalue weighted by molar-refractivity contribution is -0.130. The van der Waals surface area contributed by atoms with E-state index in [9.17, 15) is 4.79 Å². The highest BCUT2D eigenvalue weighted by molar-refractivity contribution is 5.80. The Labute approximate surface area is 104 Å². The van der Waals surface area contributed by atoms with Crippen LogP contribution in [0.4, 0.5) is 0 Å². The highest BCUT2D eigenvalue weighted by Gasteiger charge is 2.34. The van der Waals surface area contributed by atoms with Crippen molar-refractivity contribution in [2.24, 2.45) is 5.92 Å². The predicted molar refractivity (Wildman–Crippen MR) is 68.9 cm³/mol. The number of amides is 1. The van der Waals surface area contributed by atoms with Crippen LogP contribution in [0.2, 0.25) is 0 Å². The average Bonchev–Trinajstić information content (AvgIpc) is 3.05. The Morgan fingerprint density at radius 3 is 2.71 bits per heavy atom. The van der Waals surface area contributed by atoms with Crippen molar-refractivity contribution in [3.8, 4) is 0 Å². The van der Waals surface area contributed by atoms with Crippen molar-refractivity contribution < 1.29 is 4.79 Å². The molecule has 17 heavy (non-hydrogen) atoms. The Morgan fingerprint density at radius 1 is 1.41 bits per heavy atom. The van der Waals surface area contributed by atoms with E-state index in [1.165, 1.54) is 32.4 Å². The molecule has 4 heteroatoms. The van der Waals surface area contributed by atoms with Crippen molar-refractivity contribution >= 4 is 5.91 Å². The number of rotatable bonds is 5. The number of hydrogen-bond donors (Lipinski definition) is 1. The first-order chi connectivity index (χ1) is 8.08. The van der Waals surface area contributed by atoms with Crippen LogP contribution in [-0.2, 0) is 4.79 Å². The molecule has 1 saturated carbocycles. The van der Waals surface area contributed by atoms with E-state index in [1.807, 2.05) is 21.0 Å². The van der Waals surface area contributed by atoms with Gasteiger partial charge in [-0.3, -0.25) is 4.79 Å². The molecule has 2 fully saturated rings. The van der Waals surface area contributed by atoms with Crippen LogP contribution in [-0.4, -0.2) is 61.5 Å². The summed E-state index contributed by atoms with van der Waals surface area (Å²) in [7, 11) is 3.62. The molecule has 1 saturated heterocycles. The van der Waals surface area contributed by atoms with E-state index in [2.05, 4.69) is 10.2 Å². The van der Waals surface area contributed by atoms with Crippen LogP contribution in [0, 0.1) is 5.92 Å². The quantitative estimate of drug-likeness (QED) is 0.760. The van der Waals surface area contributed by atoms with Gasteiger partial charge in [-0.15, -0.1) is 0 Å². The van der Waals surface area contributed by atoms with Gasteiger partial charge < -0.3 is 15.1 Å². The fraction of sp³-hybridized carbons (Fsp3) is 0.923. The van der Waals surface area contributed by atoms with Gasteiger partial charge in [0.1, 0.15) is 0 Å². The molecule has 1 aliphatic carbocycles. The Kier molecular flexibility index (Phi) is 4.05. The molecule has 4 nitrogen and oxygen atoms in total. The molecule has 0 bridgehead atoms. The van der Waals surface area contributed by atoms with Gasteiger partial charge >= 0.3 is 0 Å². The zero-order chi connectivity index (χ0) is 12.4. The van der Waals surface area contributed by atoms with Crippen LogP contribution in [0.1, 0.15) is 26.2 Å². The smallest absolute Gasteiger partial charge is 0.238 e. The third-order valence-electron chi connectivity index (χ3n) is 3.90. The standard InChI is InChI=1S/C13H25N3O/c1-10(13(17)15(2)3)14-8-11-6-7-16(9-11)12-4-5-12/h10-12,14H,4-9H2,1-3H3. The van der Waals surface area contributed by atoms with E-state index in [1.54, 1.807) is 4.90 Å². The summed E-state index contributed by atoms with van der Waals surface area (Å²) < 4.78 is 0. The molecule has 0 radical (unpaired) electrons. The molecule has 2 rings (SSSR count). The van der Waals surface area contributed by atoms with E-state index in [0.29, 0.717) is 0 Å². The molecule has 1 N–H and O–H groups in total. The third-order valence-corrected chi connectivity index (χ3v) is 3.90. The van der Waals surface area contributed by atoms with Gasteiger partial charge in [0.05, 0.1) is 6.04 Å². The van der Waals surface area contributed by atoms with Crippen LogP contribution in [0.25, 0.3) is 0 Å². The van der Waals surface area contributed by atoms with Crippen molar-refractivity contribution in [1.29, 1.82) is 0 Å². The van der Waals surface area contributed by atoms with E-state index in [4.69, 9.17) is 0 Å². The molecule has 0 aromatic carbocycles. The molecule has 1 aliphatic heterocycles. The van der Waals surface area contributed by atoms with E-state index in [-0.39, 0.29) is 11.9 Å². The Balaban J connectivity index is 1.66. The van der Waals surface area contributed by atoms with Crippen molar-refractivity contribution in [2.45, 2.75) is 38.3 Å². The molecule has 2 atom stereocenters. The predicted octanol–water partition coefficient (Wildman–Crippen LogP) is 0.537. The fourth-order valence-electron chi connectivity index (χ4n) is 2.62.